The van der Waals surface area contributed by atoms with Gasteiger partial charge in [-0.25, -0.2) is 0 Å². The summed E-state index contributed by atoms with van der Waals surface area (Å²) in [7, 11) is 0. The number of nitrogens with one attached hydrogen (secondary N) is 4. The van der Waals surface area contributed by atoms with Gasteiger partial charge in [0.25, 0.3) is 0 Å². The Labute approximate surface area is 254 Å². The van der Waals surface area contributed by atoms with Gasteiger partial charge in [0.05, 0.1) is 32.7 Å². The minimum absolute atomic E-state index is 0.474. The Morgan fingerprint density at radius 3 is 1.58 bits per heavy atom. The molecule has 2 atom stereocenters. The zero-order valence-corrected chi connectivity index (χ0v) is 25.6. The smallest absolute Gasteiger partial charge is 0.497 e. The number of aliphatic imine (C=N–C) groups is 1. The molecule has 3 aliphatic heterocycles. The van der Waals surface area contributed by atoms with E-state index in [0.29, 0.717) is 43.6 Å². The minimum atomic E-state index is -2.78. The summed E-state index contributed by atoms with van der Waals surface area (Å²) in [5.74, 6) is 0.800. The molecule has 0 radical (unpaired) electrons. The lowest BCUT2D eigenvalue weighted by Crippen LogP contribution is -3.21. The van der Waals surface area contributed by atoms with Gasteiger partial charge in [-0.3, -0.25) is 4.99 Å². The first-order valence-electron chi connectivity index (χ1n) is 16.0. The number of hydrogen-bond acceptors (Lipinski definition) is 7. The fourth-order valence-electron chi connectivity index (χ4n) is 7.95. The predicted octanol–water partition coefficient (Wildman–Crippen LogP) is -2.12. The highest BCUT2D eigenvalue weighted by Crippen LogP contribution is 2.31. The van der Waals surface area contributed by atoms with E-state index in [-0.39, 0.29) is 0 Å². The summed E-state index contributed by atoms with van der Waals surface area (Å²) in [4.78, 5) is 6.03. The molecule has 0 saturated carbocycles. The van der Waals surface area contributed by atoms with Crippen LogP contribution in [0.5, 0.6) is 0 Å². The van der Waals surface area contributed by atoms with Crippen molar-refractivity contribution in [2.45, 2.75) is 72.8 Å². The molecule has 11 heteroatoms. The van der Waals surface area contributed by atoms with Crippen LogP contribution in [0.2, 0.25) is 0 Å². The van der Waals surface area contributed by atoms with Crippen molar-refractivity contribution in [1.82, 2.24) is 10.6 Å². The maximum Gasteiger partial charge on any atom is 0.497 e. The van der Waals surface area contributed by atoms with Gasteiger partial charge in [0.15, 0.2) is 5.96 Å². The highest BCUT2D eigenvalue weighted by molar-refractivity contribution is 6.72. The van der Waals surface area contributed by atoms with E-state index >= 15 is 0 Å². The van der Waals surface area contributed by atoms with Crippen LogP contribution < -0.4 is 31.2 Å². The molecule has 0 fully saturated rings. The van der Waals surface area contributed by atoms with Gasteiger partial charge in [0, 0.05) is 24.2 Å². The molecule has 228 valence electrons. The second-order valence-electron chi connectivity index (χ2n) is 12.4. The standard InChI is InChI=1S/C32H45B2N5O4/c1-4-24-27(17-37-32-35-15-16-36-32)25(5-2)29(21-39-19-23-12-8-10-14-31(23)34(39,42)43)26(6-3)28(24)20-38-18-22-11-7-9-13-30(22)33(38,40)41/h7-14,38-43H,4-6,15-21H2,1-3H3,(H2,35,36,37). The van der Waals surface area contributed by atoms with Crippen LogP contribution in [0.25, 0.3) is 0 Å². The molecule has 9 nitrogen and oxygen atoms in total. The average Bonchev–Trinajstić information content (AvgIpc) is 3.68. The van der Waals surface area contributed by atoms with Gasteiger partial charge in [0.2, 0.25) is 0 Å². The van der Waals surface area contributed by atoms with Crippen LogP contribution in [0.4, 0.5) is 0 Å². The van der Waals surface area contributed by atoms with Gasteiger partial charge < -0.3 is 40.4 Å². The Morgan fingerprint density at radius 1 is 0.698 bits per heavy atom. The maximum atomic E-state index is 11.5. The fraction of sp³-hybridized carbons (Fsp3) is 0.406. The van der Waals surface area contributed by atoms with Crippen molar-refractivity contribution >= 4 is 30.3 Å². The van der Waals surface area contributed by atoms with Gasteiger partial charge in [0.1, 0.15) is 0 Å². The Morgan fingerprint density at radius 2 is 1.16 bits per heavy atom. The van der Waals surface area contributed by atoms with Crippen molar-refractivity contribution in [2.75, 3.05) is 13.1 Å². The van der Waals surface area contributed by atoms with Crippen LogP contribution in [-0.2, 0) is 52.0 Å². The number of hydrogen-bond donors (Lipinski definition) is 8. The van der Waals surface area contributed by atoms with Crippen LogP contribution in [0.1, 0.15) is 65.3 Å². The molecule has 43 heavy (non-hydrogen) atoms. The minimum Gasteiger partial charge on any atom is -0.524 e. The molecular formula is C32H45B2N5O4. The molecule has 0 aromatic heterocycles. The number of benzene rings is 3. The monoisotopic (exact) mass is 585 g/mol. The normalized spacial score (nSPS) is 21.3. The van der Waals surface area contributed by atoms with Crippen molar-refractivity contribution in [3.05, 3.63) is 93.0 Å². The second-order valence-corrected chi connectivity index (χ2v) is 12.4. The molecule has 3 aromatic rings. The van der Waals surface area contributed by atoms with Crippen molar-refractivity contribution in [3.63, 3.8) is 0 Å². The molecule has 0 amide bonds. The number of rotatable bonds is 9. The number of quaternary nitrogens is 2. The van der Waals surface area contributed by atoms with E-state index in [2.05, 4.69) is 36.4 Å². The summed E-state index contributed by atoms with van der Waals surface area (Å²) in [6.45, 7) is 5.14. The third kappa shape index (κ3) is 5.18. The predicted molar refractivity (Wildman–Crippen MR) is 171 cm³/mol. The molecule has 2 unspecified atom stereocenters. The van der Waals surface area contributed by atoms with Crippen LogP contribution in [-0.4, -0.2) is 52.5 Å². The molecule has 3 aromatic carbocycles. The summed E-state index contributed by atoms with van der Waals surface area (Å²) in [6, 6.07) is 15.3. The van der Waals surface area contributed by atoms with E-state index in [4.69, 9.17) is 0 Å². The molecule has 6 rings (SSSR count). The van der Waals surface area contributed by atoms with Crippen LogP contribution >= 0.6 is 0 Å². The zero-order valence-electron chi connectivity index (χ0n) is 25.6. The van der Waals surface area contributed by atoms with E-state index in [0.717, 1.165) is 70.2 Å². The number of guanidine groups is 1. The first kappa shape index (κ1) is 29.9. The van der Waals surface area contributed by atoms with E-state index in [1.807, 2.05) is 48.5 Å². The van der Waals surface area contributed by atoms with Crippen LogP contribution in [0.3, 0.4) is 0 Å². The first-order valence-corrected chi connectivity index (χ1v) is 16.0. The summed E-state index contributed by atoms with van der Waals surface area (Å²) in [5, 5.41) is 52.7. The Balaban J connectivity index is 1.46. The average molecular weight is 585 g/mol. The maximum absolute atomic E-state index is 11.5. The Bertz CT molecular complexity index is 1460. The van der Waals surface area contributed by atoms with Gasteiger partial charge in [-0.1, -0.05) is 80.2 Å². The van der Waals surface area contributed by atoms with Crippen molar-refractivity contribution in [1.29, 1.82) is 0 Å². The lowest BCUT2D eigenvalue weighted by molar-refractivity contribution is -0.838. The molecule has 0 bridgehead atoms. The summed E-state index contributed by atoms with van der Waals surface area (Å²) in [6.07, 6.45) is 2.37. The highest BCUT2D eigenvalue weighted by atomic mass is 16.4. The fourth-order valence-corrected chi connectivity index (χ4v) is 7.95. The van der Waals surface area contributed by atoms with Crippen LogP contribution in [0, 0.1) is 0 Å². The van der Waals surface area contributed by atoms with Crippen LogP contribution in [0.15, 0.2) is 53.5 Å². The van der Waals surface area contributed by atoms with Gasteiger partial charge in [-0.05, 0) is 52.6 Å². The molecule has 0 saturated heterocycles. The second kappa shape index (κ2) is 11.7. The Hall–Kier alpha value is -3.18. The van der Waals surface area contributed by atoms with Gasteiger partial charge in [-0.15, -0.1) is 0 Å². The summed E-state index contributed by atoms with van der Waals surface area (Å²) < 4.78 is 0. The lowest BCUT2D eigenvalue weighted by Gasteiger charge is -2.36. The first-order chi connectivity index (χ1) is 20.7. The topological polar surface area (TPSA) is 126 Å². The highest BCUT2D eigenvalue weighted by Gasteiger charge is 2.46. The molecule has 0 aliphatic carbocycles. The van der Waals surface area contributed by atoms with E-state index in [1.54, 1.807) is 0 Å². The molecule has 3 heterocycles. The third-order valence-corrected chi connectivity index (χ3v) is 10.1. The van der Waals surface area contributed by atoms with Crippen molar-refractivity contribution < 1.29 is 29.7 Å². The number of fused-ring (bicyclic) bond motifs is 2. The van der Waals surface area contributed by atoms with Crippen molar-refractivity contribution in [2.24, 2.45) is 4.99 Å². The lowest BCUT2D eigenvalue weighted by atomic mass is 9.64. The molecule has 0 spiro atoms. The van der Waals surface area contributed by atoms with E-state index in [1.165, 1.54) is 22.3 Å². The Kier molecular flexibility index (Phi) is 8.14. The SMILES string of the molecule is CCc1c(CNC2=NCCN2)c(CC)c(C[NH+]2Cc3ccccc3[B-]2(O)O)c(CC)c1C[NH+]1Cc2ccccc2[B-]1(O)O. The van der Waals surface area contributed by atoms with Crippen molar-refractivity contribution in [3.8, 4) is 0 Å². The van der Waals surface area contributed by atoms with Gasteiger partial charge in [-0.2, -0.15) is 0 Å². The summed E-state index contributed by atoms with van der Waals surface area (Å²) >= 11 is 0. The molecule has 8 N–H and O–H groups in total. The van der Waals surface area contributed by atoms with Gasteiger partial charge >= 0.3 is 13.4 Å². The number of nitrogens with zero attached hydrogens (tertiary/aromatic N) is 1. The third-order valence-electron chi connectivity index (χ3n) is 10.1. The molecule has 3 aliphatic rings. The summed E-state index contributed by atoms with van der Waals surface area (Å²) in [5.41, 5.74) is 10.4. The van der Waals surface area contributed by atoms with E-state index in [9.17, 15) is 20.1 Å². The zero-order chi connectivity index (χ0) is 30.4. The quantitative estimate of drug-likeness (QED) is 0.136. The molecular weight excluding hydrogens is 540 g/mol. The largest absolute Gasteiger partial charge is 0.524 e. The van der Waals surface area contributed by atoms with E-state index < -0.39 is 13.4 Å².